The summed E-state index contributed by atoms with van der Waals surface area (Å²) in [6.45, 7) is 3.14. The zero-order chi connectivity index (χ0) is 14.7. The number of hydrogen-bond donors (Lipinski definition) is 1. The van der Waals surface area contributed by atoms with Gasteiger partial charge in [-0.15, -0.1) is 0 Å². The molecule has 1 aromatic carbocycles. The van der Waals surface area contributed by atoms with Crippen LogP contribution in [0.25, 0.3) is 0 Å². The van der Waals surface area contributed by atoms with Gasteiger partial charge in [-0.1, -0.05) is 29.8 Å². The number of benzene rings is 1. The summed E-state index contributed by atoms with van der Waals surface area (Å²) in [7, 11) is 0. The van der Waals surface area contributed by atoms with Gasteiger partial charge in [0.2, 0.25) is 5.91 Å². The molecule has 0 aromatic heterocycles. The van der Waals surface area contributed by atoms with Crippen molar-refractivity contribution in [1.82, 2.24) is 10.2 Å². The standard InChI is InChI=1S/C16H21ClN2O2/c17-14-4-2-1-3-13(14)15-9-18-7-8-19(15)16(20)11-21-10-12-5-6-12/h1-4,12,15,18H,5-11H2. The Kier molecular flexibility index (Phi) is 4.78. The minimum Gasteiger partial charge on any atom is -0.371 e. The fourth-order valence-corrected chi connectivity index (χ4v) is 2.97. The summed E-state index contributed by atoms with van der Waals surface area (Å²) < 4.78 is 5.54. The number of halogens is 1. The van der Waals surface area contributed by atoms with E-state index in [-0.39, 0.29) is 18.6 Å². The Labute approximate surface area is 130 Å². The second-order valence-corrected chi connectivity index (χ2v) is 6.19. The van der Waals surface area contributed by atoms with Crippen LogP contribution in [-0.2, 0) is 9.53 Å². The Hall–Kier alpha value is -1.10. The Morgan fingerprint density at radius 1 is 1.38 bits per heavy atom. The van der Waals surface area contributed by atoms with Gasteiger partial charge in [0.15, 0.2) is 0 Å². The molecule has 1 amide bonds. The van der Waals surface area contributed by atoms with Crippen LogP contribution in [0.4, 0.5) is 0 Å². The lowest BCUT2D eigenvalue weighted by Gasteiger charge is -2.37. The van der Waals surface area contributed by atoms with E-state index in [1.165, 1.54) is 12.8 Å². The number of nitrogens with zero attached hydrogens (tertiary/aromatic N) is 1. The molecule has 2 fully saturated rings. The van der Waals surface area contributed by atoms with Crippen molar-refractivity contribution in [2.24, 2.45) is 5.92 Å². The van der Waals surface area contributed by atoms with E-state index in [9.17, 15) is 4.79 Å². The van der Waals surface area contributed by atoms with Crippen LogP contribution >= 0.6 is 11.6 Å². The summed E-state index contributed by atoms with van der Waals surface area (Å²) in [5, 5.41) is 4.05. The zero-order valence-corrected chi connectivity index (χ0v) is 12.8. The first kappa shape index (κ1) is 14.8. The van der Waals surface area contributed by atoms with Gasteiger partial charge in [-0.25, -0.2) is 0 Å². The van der Waals surface area contributed by atoms with E-state index in [0.29, 0.717) is 24.1 Å². The molecule has 1 heterocycles. The van der Waals surface area contributed by atoms with Gasteiger partial charge in [-0.2, -0.15) is 0 Å². The Bertz CT molecular complexity index is 505. The lowest BCUT2D eigenvalue weighted by molar-refractivity contribution is -0.139. The van der Waals surface area contributed by atoms with Crippen LogP contribution in [0.5, 0.6) is 0 Å². The molecule has 1 aliphatic carbocycles. The number of ether oxygens (including phenoxy) is 1. The Morgan fingerprint density at radius 3 is 2.95 bits per heavy atom. The average molecular weight is 309 g/mol. The monoisotopic (exact) mass is 308 g/mol. The van der Waals surface area contributed by atoms with Crippen LogP contribution in [0.2, 0.25) is 5.02 Å². The molecule has 1 saturated heterocycles. The predicted octanol–water partition coefficient (Wildman–Crippen LogP) is 2.24. The molecule has 21 heavy (non-hydrogen) atoms. The fourth-order valence-electron chi connectivity index (χ4n) is 2.71. The SMILES string of the molecule is O=C(COCC1CC1)N1CCNCC1c1ccccc1Cl. The normalized spacial score (nSPS) is 22.3. The molecule has 1 atom stereocenters. The third kappa shape index (κ3) is 3.76. The van der Waals surface area contributed by atoms with Crippen LogP contribution in [0.1, 0.15) is 24.4 Å². The molecule has 5 heteroatoms. The van der Waals surface area contributed by atoms with Crippen molar-refractivity contribution in [2.45, 2.75) is 18.9 Å². The van der Waals surface area contributed by atoms with Crippen LogP contribution in [0.15, 0.2) is 24.3 Å². The summed E-state index contributed by atoms with van der Waals surface area (Å²) >= 11 is 6.28. The van der Waals surface area contributed by atoms with Crippen molar-refractivity contribution >= 4 is 17.5 Å². The summed E-state index contributed by atoms with van der Waals surface area (Å²) in [5.74, 6) is 0.738. The highest BCUT2D eigenvalue weighted by atomic mass is 35.5. The summed E-state index contributed by atoms with van der Waals surface area (Å²) in [6.07, 6.45) is 2.48. The van der Waals surface area contributed by atoms with Crippen molar-refractivity contribution in [1.29, 1.82) is 0 Å². The van der Waals surface area contributed by atoms with Crippen LogP contribution < -0.4 is 5.32 Å². The smallest absolute Gasteiger partial charge is 0.249 e. The topological polar surface area (TPSA) is 41.6 Å². The first-order valence-corrected chi connectivity index (χ1v) is 7.96. The van der Waals surface area contributed by atoms with Crippen molar-refractivity contribution in [3.05, 3.63) is 34.9 Å². The van der Waals surface area contributed by atoms with Gasteiger partial charge in [-0.3, -0.25) is 4.79 Å². The predicted molar refractivity (Wildman–Crippen MR) is 82.3 cm³/mol. The lowest BCUT2D eigenvalue weighted by Crippen LogP contribution is -2.49. The van der Waals surface area contributed by atoms with E-state index in [1.807, 2.05) is 29.2 Å². The van der Waals surface area contributed by atoms with E-state index in [1.54, 1.807) is 0 Å². The number of piperazine rings is 1. The number of amides is 1. The van der Waals surface area contributed by atoms with E-state index in [0.717, 1.165) is 18.7 Å². The maximum Gasteiger partial charge on any atom is 0.249 e. The van der Waals surface area contributed by atoms with Gasteiger partial charge in [-0.05, 0) is 30.4 Å². The van der Waals surface area contributed by atoms with E-state index in [2.05, 4.69) is 5.32 Å². The molecule has 2 aliphatic rings. The molecule has 4 nitrogen and oxygen atoms in total. The first-order valence-electron chi connectivity index (χ1n) is 7.58. The summed E-state index contributed by atoms with van der Waals surface area (Å²) in [5.41, 5.74) is 1.00. The Morgan fingerprint density at radius 2 is 2.19 bits per heavy atom. The number of rotatable bonds is 5. The quantitative estimate of drug-likeness (QED) is 0.907. The molecule has 3 rings (SSSR count). The molecule has 1 N–H and O–H groups in total. The number of hydrogen-bond acceptors (Lipinski definition) is 3. The lowest BCUT2D eigenvalue weighted by atomic mass is 10.0. The molecular weight excluding hydrogens is 288 g/mol. The molecule has 1 unspecified atom stereocenters. The molecule has 1 aliphatic heterocycles. The van der Waals surface area contributed by atoms with Gasteiger partial charge in [0.25, 0.3) is 0 Å². The molecule has 1 saturated carbocycles. The van der Waals surface area contributed by atoms with Crippen LogP contribution in [-0.4, -0.2) is 43.7 Å². The van der Waals surface area contributed by atoms with Crippen LogP contribution in [0, 0.1) is 5.92 Å². The zero-order valence-electron chi connectivity index (χ0n) is 12.1. The third-order valence-electron chi connectivity index (χ3n) is 4.10. The van der Waals surface area contributed by atoms with Gasteiger partial charge >= 0.3 is 0 Å². The first-order chi connectivity index (χ1) is 10.3. The third-order valence-corrected chi connectivity index (χ3v) is 4.45. The van der Waals surface area contributed by atoms with Gasteiger partial charge in [0, 0.05) is 24.7 Å². The van der Waals surface area contributed by atoms with Gasteiger partial charge in [0.05, 0.1) is 12.6 Å². The largest absolute Gasteiger partial charge is 0.371 e. The minimum absolute atomic E-state index is 0.00975. The average Bonchev–Trinajstić information content (AvgIpc) is 3.32. The molecule has 1 aromatic rings. The summed E-state index contributed by atoms with van der Waals surface area (Å²) in [4.78, 5) is 14.3. The fraction of sp³-hybridized carbons (Fsp3) is 0.562. The highest BCUT2D eigenvalue weighted by molar-refractivity contribution is 6.31. The van der Waals surface area contributed by atoms with E-state index >= 15 is 0 Å². The van der Waals surface area contributed by atoms with Gasteiger partial charge < -0.3 is 15.0 Å². The minimum atomic E-state index is -0.00975. The molecular formula is C16H21ClN2O2. The number of carbonyl (C=O) groups is 1. The molecule has 0 spiro atoms. The van der Waals surface area contributed by atoms with Crippen molar-refractivity contribution in [2.75, 3.05) is 32.8 Å². The Balaban J connectivity index is 1.65. The van der Waals surface area contributed by atoms with E-state index in [4.69, 9.17) is 16.3 Å². The van der Waals surface area contributed by atoms with E-state index < -0.39 is 0 Å². The summed E-state index contributed by atoms with van der Waals surface area (Å²) in [6, 6.07) is 7.72. The number of nitrogens with one attached hydrogen (secondary N) is 1. The molecule has 114 valence electrons. The van der Waals surface area contributed by atoms with Crippen LogP contribution in [0.3, 0.4) is 0 Å². The molecule has 0 bridgehead atoms. The van der Waals surface area contributed by atoms with Crippen molar-refractivity contribution in [3.8, 4) is 0 Å². The highest BCUT2D eigenvalue weighted by Gasteiger charge is 2.29. The highest BCUT2D eigenvalue weighted by Crippen LogP contribution is 2.30. The van der Waals surface area contributed by atoms with Crippen molar-refractivity contribution in [3.63, 3.8) is 0 Å². The second kappa shape index (κ2) is 6.77. The van der Waals surface area contributed by atoms with Crippen molar-refractivity contribution < 1.29 is 9.53 Å². The maximum absolute atomic E-state index is 12.4. The number of carbonyl (C=O) groups excluding carboxylic acids is 1. The second-order valence-electron chi connectivity index (χ2n) is 5.79. The molecule has 0 radical (unpaired) electrons. The maximum atomic E-state index is 12.4. The van der Waals surface area contributed by atoms with Gasteiger partial charge in [0.1, 0.15) is 6.61 Å².